The van der Waals surface area contributed by atoms with Crippen LogP contribution in [0.5, 0.6) is 0 Å². The predicted molar refractivity (Wildman–Crippen MR) is 82.5 cm³/mol. The lowest BCUT2D eigenvalue weighted by molar-refractivity contribution is -0.116. The molecule has 110 valence electrons. The number of amides is 1. The second kappa shape index (κ2) is 7.25. The van der Waals surface area contributed by atoms with Gasteiger partial charge < -0.3 is 10.6 Å². The first-order valence-electron chi connectivity index (χ1n) is 6.89. The lowest BCUT2D eigenvalue weighted by atomic mass is 9.93. The van der Waals surface area contributed by atoms with Crippen molar-refractivity contribution in [3.05, 3.63) is 21.9 Å². The second-order valence-electron chi connectivity index (χ2n) is 5.21. The molecule has 6 heteroatoms. The van der Waals surface area contributed by atoms with Crippen molar-refractivity contribution in [3.8, 4) is 0 Å². The van der Waals surface area contributed by atoms with Gasteiger partial charge in [0.05, 0.1) is 5.69 Å². The van der Waals surface area contributed by atoms with Gasteiger partial charge >= 0.3 is 0 Å². The fraction of sp³-hybridized carbons (Fsp3) is 0.571. The standard InChI is InChI=1S/C14H19Cl2N3O/c1-9-8-11(15)18-14(16)13(9)19-12(20)3-2-10-4-6-17-7-5-10/h8,10,17H,2-7H2,1H3,(H,19,20). The number of hydrogen-bond donors (Lipinski definition) is 2. The van der Waals surface area contributed by atoms with Crippen molar-refractivity contribution >= 4 is 34.8 Å². The maximum absolute atomic E-state index is 12.0. The maximum atomic E-state index is 12.0. The van der Waals surface area contributed by atoms with E-state index in [-0.39, 0.29) is 11.1 Å². The molecule has 0 saturated carbocycles. The van der Waals surface area contributed by atoms with E-state index < -0.39 is 0 Å². The predicted octanol–water partition coefficient (Wildman–Crippen LogP) is 3.42. The average molecular weight is 316 g/mol. The van der Waals surface area contributed by atoms with Crippen molar-refractivity contribution in [1.29, 1.82) is 0 Å². The lowest BCUT2D eigenvalue weighted by Gasteiger charge is -2.22. The van der Waals surface area contributed by atoms with Crippen molar-refractivity contribution in [2.24, 2.45) is 5.92 Å². The van der Waals surface area contributed by atoms with Gasteiger partial charge in [0.25, 0.3) is 0 Å². The molecule has 0 radical (unpaired) electrons. The molecule has 1 aliphatic heterocycles. The Hall–Kier alpha value is -0.840. The number of pyridine rings is 1. The Balaban J connectivity index is 1.88. The van der Waals surface area contributed by atoms with Crippen LogP contribution in [0.2, 0.25) is 10.3 Å². The number of halogens is 2. The molecule has 1 aliphatic rings. The van der Waals surface area contributed by atoms with Crippen LogP contribution in [-0.2, 0) is 4.79 Å². The van der Waals surface area contributed by atoms with Crippen molar-refractivity contribution in [2.45, 2.75) is 32.6 Å². The highest BCUT2D eigenvalue weighted by molar-refractivity contribution is 6.34. The van der Waals surface area contributed by atoms with Gasteiger partial charge in [-0.15, -0.1) is 0 Å². The normalized spacial score (nSPS) is 16.1. The highest BCUT2D eigenvalue weighted by Crippen LogP contribution is 2.27. The summed E-state index contributed by atoms with van der Waals surface area (Å²) in [4.78, 5) is 15.9. The molecule has 0 spiro atoms. The molecule has 0 aromatic carbocycles. The van der Waals surface area contributed by atoms with Gasteiger partial charge in [0.15, 0.2) is 5.15 Å². The largest absolute Gasteiger partial charge is 0.323 e. The highest BCUT2D eigenvalue weighted by atomic mass is 35.5. The fourth-order valence-corrected chi connectivity index (χ4v) is 3.03. The minimum absolute atomic E-state index is 0.0161. The van der Waals surface area contributed by atoms with Crippen LogP contribution in [0.25, 0.3) is 0 Å². The van der Waals surface area contributed by atoms with E-state index in [2.05, 4.69) is 15.6 Å². The van der Waals surface area contributed by atoms with Gasteiger partial charge in [-0.1, -0.05) is 23.2 Å². The molecule has 0 atom stereocenters. The van der Waals surface area contributed by atoms with E-state index in [0.717, 1.165) is 37.9 Å². The minimum atomic E-state index is -0.0161. The van der Waals surface area contributed by atoms with Crippen molar-refractivity contribution < 1.29 is 4.79 Å². The zero-order valence-corrected chi connectivity index (χ0v) is 13.0. The minimum Gasteiger partial charge on any atom is -0.323 e. The third-order valence-corrected chi connectivity index (χ3v) is 4.11. The first-order valence-corrected chi connectivity index (χ1v) is 7.65. The van der Waals surface area contributed by atoms with Crippen LogP contribution in [0.15, 0.2) is 6.07 Å². The van der Waals surface area contributed by atoms with Gasteiger partial charge in [0.1, 0.15) is 5.15 Å². The van der Waals surface area contributed by atoms with Crippen LogP contribution in [0.4, 0.5) is 5.69 Å². The van der Waals surface area contributed by atoms with E-state index in [0.29, 0.717) is 23.2 Å². The molecule has 1 amide bonds. The number of piperidine rings is 1. The monoisotopic (exact) mass is 315 g/mol. The molecule has 2 heterocycles. The van der Waals surface area contributed by atoms with Gasteiger partial charge in [-0.2, -0.15) is 0 Å². The Morgan fingerprint density at radius 3 is 2.80 bits per heavy atom. The third kappa shape index (κ3) is 4.33. The molecule has 1 aromatic heterocycles. The number of carbonyl (C=O) groups is 1. The zero-order chi connectivity index (χ0) is 14.5. The molecule has 20 heavy (non-hydrogen) atoms. The van der Waals surface area contributed by atoms with Crippen LogP contribution in [0.1, 0.15) is 31.2 Å². The van der Waals surface area contributed by atoms with Crippen LogP contribution in [0, 0.1) is 12.8 Å². The molecule has 0 bridgehead atoms. The van der Waals surface area contributed by atoms with E-state index in [1.807, 2.05) is 6.92 Å². The number of nitrogens with zero attached hydrogens (tertiary/aromatic N) is 1. The van der Waals surface area contributed by atoms with Crippen LogP contribution < -0.4 is 10.6 Å². The molecular formula is C14H19Cl2N3O. The van der Waals surface area contributed by atoms with Crippen molar-refractivity contribution in [2.75, 3.05) is 18.4 Å². The summed E-state index contributed by atoms with van der Waals surface area (Å²) in [5.41, 5.74) is 1.39. The van der Waals surface area contributed by atoms with Gasteiger partial charge in [-0.25, -0.2) is 4.98 Å². The molecule has 2 rings (SSSR count). The summed E-state index contributed by atoms with van der Waals surface area (Å²) in [6.07, 6.45) is 3.74. The molecule has 2 N–H and O–H groups in total. The molecular weight excluding hydrogens is 297 g/mol. The van der Waals surface area contributed by atoms with Gasteiger partial charge in [-0.05, 0) is 56.8 Å². The number of nitrogens with one attached hydrogen (secondary N) is 2. The van der Waals surface area contributed by atoms with Crippen LogP contribution in [-0.4, -0.2) is 24.0 Å². The Kier molecular flexibility index (Phi) is 5.64. The number of carbonyl (C=O) groups excluding carboxylic acids is 1. The molecule has 4 nitrogen and oxygen atoms in total. The summed E-state index contributed by atoms with van der Waals surface area (Å²) < 4.78 is 0. The summed E-state index contributed by atoms with van der Waals surface area (Å²) in [7, 11) is 0. The average Bonchev–Trinajstić information content (AvgIpc) is 2.42. The zero-order valence-electron chi connectivity index (χ0n) is 11.5. The Morgan fingerprint density at radius 1 is 1.45 bits per heavy atom. The first-order chi connectivity index (χ1) is 9.56. The number of aryl methyl sites for hydroxylation is 1. The SMILES string of the molecule is Cc1cc(Cl)nc(Cl)c1NC(=O)CCC1CCNCC1. The van der Waals surface area contributed by atoms with E-state index >= 15 is 0 Å². The van der Waals surface area contributed by atoms with Crippen LogP contribution in [0.3, 0.4) is 0 Å². The first kappa shape index (κ1) is 15.5. The third-order valence-electron chi connectivity index (χ3n) is 3.64. The smallest absolute Gasteiger partial charge is 0.224 e. The molecule has 1 aromatic rings. The van der Waals surface area contributed by atoms with Gasteiger partial charge in [0, 0.05) is 6.42 Å². The quantitative estimate of drug-likeness (QED) is 0.837. The van der Waals surface area contributed by atoms with E-state index in [1.165, 1.54) is 0 Å². The molecule has 1 fully saturated rings. The van der Waals surface area contributed by atoms with Gasteiger partial charge in [0.2, 0.25) is 5.91 Å². The number of anilines is 1. The fourth-order valence-electron chi connectivity index (χ4n) is 2.45. The summed E-state index contributed by atoms with van der Waals surface area (Å²) in [5.74, 6) is 0.625. The molecule has 0 unspecified atom stereocenters. The summed E-state index contributed by atoms with van der Waals surface area (Å²) in [6, 6.07) is 1.69. The molecule has 1 saturated heterocycles. The van der Waals surface area contributed by atoms with Gasteiger partial charge in [-0.3, -0.25) is 4.79 Å². The molecule has 0 aliphatic carbocycles. The van der Waals surface area contributed by atoms with Crippen molar-refractivity contribution in [1.82, 2.24) is 10.3 Å². The van der Waals surface area contributed by atoms with E-state index in [9.17, 15) is 4.79 Å². The highest BCUT2D eigenvalue weighted by Gasteiger charge is 2.16. The maximum Gasteiger partial charge on any atom is 0.224 e. The van der Waals surface area contributed by atoms with Crippen LogP contribution >= 0.6 is 23.2 Å². The summed E-state index contributed by atoms with van der Waals surface area (Å²) in [5, 5.41) is 6.74. The van der Waals surface area contributed by atoms with E-state index in [1.54, 1.807) is 6.07 Å². The topological polar surface area (TPSA) is 54.0 Å². The Morgan fingerprint density at radius 2 is 2.15 bits per heavy atom. The Bertz CT molecular complexity index is 464. The summed E-state index contributed by atoms with van der Waals surface area (Å²) in [6.45, 7) is 3.96. The summed E-state index contributed by atoms with van der Waals surface area (Å²) >= 11 is 11.8. The number of hydrogen-bond acceptors (Lipinski definition) is 3. The number of rotatable bonds is 4. The van der Waals surface area contributed by atoms with E-state index in [4.69, 9.17) is 23.2 Å². The lowest BCUT2D eigenvalue weighted by Crippen LogP contribution is -2.28. The Labute approximate surface area is 129 Å². The second-order valence-corrected chi connectivity index (χ2v) is 5.95. The number of aromatic nitrogens is 1. The van der Waals surface area contributed by atoms with Crippen molar-refractivity contribution in [3.63, 3.8) is 0 Å².